The number of aliphatic imine (C=N–C) groups is 1. The van der Waals surface area contributed by atoms with Gasteiger partial charge in [-0.25, -0.2) is 0 Å². The van der Waals surface area contributed by atoms with Crippen molar-refractivity contribution in [3.05, 3.63) is 66.8 Å². The van der Waals surface area contributed by atoms with E-state index in [9.17, 15) is 0 Å². The van der Waals surface area contributed by atoms with Crippen molar-refractivity contribution in [3.63, 3.8) is 0 Å². The van der Waals surface area contributed by atoms with Crippen LogP contribution in [0.4, 0.5) is 5.69 Å². The Kier molecular flexibility index (Phi) is 12.6. The van der Waals surface area contributed by atoms with Crippen LogP contribution in [0.15, 0.2) is 47.6 Å². The van der Waals surface area contributed by atoms with Crippen LogP contribution in [0.3, 0.4) is 0 Å². The van der Waals surface area contributed by atoms with E-state index < -0.39 is 12.3 Å². The molecule has 26 heavy (non-hydrogen) atoms. The minimum absolute atomic E-state index is 0. The second kappa shape index (κ2) is 12.8. The van der Waals surface area contributed by atoms with Crippen LogP contribution >= 0.6 is 29.5 Å². The fraction of sp³-hybridized carbons (Fsp3) is 0.350. The van der Waals surface area contributed by atoms with Gasteiger partial charge in [-0.3, -0.25) is 9.98 Å². The Morgan fingerprint density at radius 2 is 1.42 bits per heavy atom. The van der Waals surface area contributed by atoms with Gasteiger partial charge in [-0.2, -0.15) is 0 Å². The van der Waals surface area contributed by atoms with Crippen molar-refractivity contribution in [2.75, 3.05) is 0 Å². The molecule has 1 aromatic carbocycles. The first-order valence-electron chi connectivity index (χ1n) is 8.11. The molecule has 0 aliphatic rings. The molecule has 0 saturated carbocycles. The zero-order chi connectivity index (χ0) is 19.0. The van der Waals surface area contributed by atoms with E-state index in [1.165, 1.54) is 11.1 Å². The third-order valence-electron chi connectivity index (χ3n) is 3.66. The first-order chi connectivity index (χ1) is 11.7. The fourth-order valence-electron chi connectivity index (χ4n) is 2.44. The Balaban J connectivity index is 0.00000113. The van der Waals surface area contributed by atoms with Crippen molar-refractivity contribution in [2.45, 2.75) is 46.5 Å². The van der Waals surface area contributed by atoms with Crippen LogP contribution in [-0.2, 0) is 12.3 Å². The van der Waals surface area contributed by atoms with Gasteiger partial charge in [-0.15, -0.1) is 0 Å². The van der Waals surface area contributed by atoms with Gasteiger partial charge < -0.3 is 7.43 Å². The molecular weight excluding hydrogens is 426 g/mol. The number of para-hydroxylation sites is 1. The van der Waals surface area contributed by atoms with Gasteiger partial charge in [0.05, 0.1) is 17.1 Å². The summed E-state index contributed by atoms with van der Waals surface area (Å²) in [4.78, 5) is 9.32. The van der Waals surface area contributed by atoms with Crippen molar-refractivity contribution in [1.82, 2.24) is 4.98 Å². The van der Waals surface area contributed by atoms with Crippen LogP contribution in [0.25, 0.3) is 0 Å². The third-order valence-corrected chi connectivity index (χ3v) is 3.66. The molecule has 1 aromatic heterocycles. The maximum absolute atomic E-state index is 4.95. The molecule has 0 N–H and O–H groups in total. The predicted molar refractivity (Wildman–Crippen MR) is 115 cm³/mol. The number of benzene rings is 1. The number of aromatic nitrogens is 1. The molecule has 0 amide bonds. The maximum atomic E-state index is 4.95. The summed E-state index contributed by atoms with van der Waals surface area (Å²) in [6.07, 6.45) is 1.81. The molecule has 2 aromatic rings. The second-order valence-corrected chi connectivity index (χ2v) is 13.1. The number of nitrogens with zero attached hydrogens (tertiary/aromatic N) is 2. The Morgan fingerprint density at radius 1 is 0.923 bits per heavy atom. The molecule has 0 fully saturated rings. The fourth-order valence-corrected chi connectivity index (χ4v) is 2.44. The molecule has 0 atom stereocenters. The standard InChI is InChI=1S/C19H24N2.CH3.3ClH.V/c1-13(2)16-9-8-10-17(14(3)4)19(16)21-15(5)18-11-6-7-12-20-18;;;;;/h6-14H,1-5H3;1H3;3*1H;/q;-1;;;;+3/p-3. The molecule has 1 heterocycles. The summed E-state index contributed by atoms with van der Waals surface area (Å²) in [5.74, 6) is 0.915. The molecular formula is C20H27Cl3N2V-. The van der Waals surface area contributed by atoms with E-state index in [1.54, 1.807) is 0 Å². The van der Waals surface area contributed by atoms with E-state index in [2.05, 4.69) is 50.9 Å². The van der Waals surface area contributed by atoms with E-state index in [0.717, 1.165) is 17.1 Å². The van der Waals surface area contributed by atoms with Gasteiger partial charge in [-0.1, -0.05) is 52.0 Å². The van der Waals surface area contributed by atoms with Crippen molar-refractivity contribution >= 4 is 40.9 Å². The van der Waals surface area contributed by atoms with Crippen molar-refractivity contribution in [2.24, 2.45) is 4.99 Å². The number of pyridine rings is 1. The molecule has 0 unspecified atom stereocenters. The van der Waals surface area contributed by atoms with E-state index in [0.29, 0.717) is 11.8 Å². The molecule has 2 rings (SSSR count). The van der Waals surface area contributed by atoms with Crippen LogP contribution < -0.4 is 0 Å². The van der Waals surface area contributed by atoms with Gasteiger partial charge >= 0.3 is 41.8 Å². The molecule has 2 nitrogen and oxygen atoms in total. The number of rotatable bonds is 4. The van der Waals surface area contributed by atoms with Crippen LogP contribution in [0.5, 0.6) is 0 Å². The Hall–Kier alpha value is -0.506. The Morgan fingerprint density at radius 3 is 1.81 bits per heavy atom. The second-order valence-electron chi connectivity index (χ2n) is 6.20. The first-order valence-corrected chi connectivity index (χ1v) is 13.9. The number of halogens is 3. The summed E-state index contributed by atoms with van der Waals surface area (Å²) in [5.41, 5.74) is 5.62. The van der Waals surface area contributed by atoms with Crippen molar-refractivity contribution < 1.29 is 12.3 Å². The minimum atomic E-state index is -1.77. The molecule has 6 heteroatoms. The van der Waals surface area contributed by atoms with E-state index in [1.807, 2.05) is 31.3 Å². The topological polar surface area (TPSA) is 25.2 Å². The average Bonchev–Trinajstić information content (AvgIpc) is 2.54. The van der Waals surface area contributed by atoms with Gasteiger partial charge in [0, 0.05) is 6.20 Å². The first kappa shape index (κ1) is 25.5. The van der Waals surface area contributed by atoms with Gasteiger partial charge in [0.15, 0.2) is 0 Å². The average molecular weight is 453 g/mol. The molecule has 0 aliphatic heterocycles. The van der Waals surface area contributed by atoms with E-state index >= 15 is 0 Å². The van der Waals surface area contributed by atoms with Crippen LogP contribution in [0.1, 0.15) is 63.3 Å². The molecule has 144 valence electrons. The third kappa shape index (κ3) is 8.46. The van der Waals surface area contributed by atoms with Crippen molar-refractivity contribution in [3.8, 4) is 0 Å². The number of hydrogen-bond donors (Lipinski definition) is 0. The van der Waals surface area contributed by atoms with E-state index in [-0.39, 0.29) is 7.43 Å². The summed E-state index contributed by atoms with van der Waals surface area (Å²) in [6.45, 7) is 10.9. The molecule has 0 aliphatic carbocycles. The normalized spacial score (nSPS) is 11.3. The van der Waals surface area contributed by atoms with Gasteiger partial charge in [0.25, 0.3) is 0 Å². The summed E-state index contributed by atoms with van der Waals surface area (Å²) in [6, 6.07) is 12.4. The van der Waals surface area contributed by atoms with Crippen LogP contribution in [0, 0.1) is 7.43 Å². The van der Waals surface area contributed by atoms with Gasteiger partial charge in [0.1, 0.15) is 0 Å². The molecule has 0 spiro atoms. The SMILES string of the molecule is CC(=Nc1c(C(C)C)cccc1C(C)C)c1ccccn1.[CH3-].[Cl][V]([Cl])[Cl]. The van der Waals surface area contributed by atoms with Crippen LogP contribution in [0.2, 0.25) is 0 Å². The molecule has 0 radical (unpaired) electrons. The van der Waals surface area contributed by atoms with Crippen molar-refractivity contribution in [1.29, 1.82) is 0 Å². The summed E-state index contributed by atoms with van der Waals surface area (Å²) >= 11 is -1.77. The zero-order valence-corrected chi connectivity index (χ0v) is 19.8. The summed E-state index contributed by atoms with van der Waals surface area (Å²) in [7, 11) is 14.9. The summed E-state index contributed by atoms with van der Waals surface area (Å²) in [5, 5.41) is 0. The van der Waals surface area contributed by atoms with Crippen LogP contribution in [-0.4, -0.2) is 10.7 Å². The molecule has 0 bridgehead atoms. The Labute approximate surface area is 175 Å². The molecule has 0 saturated heterocycles. The summed E-state index contributed by atoms with van der Waals surface area (Å²) < 4.78 is 0. The van der Waals surface area contributed by atoms with E-state index in [4.69, 9.17) is 34.5 Å². The van der Waals surface area contributed by atoms with Gasteiger partial charge in [0.2, 0.25) is 0 Å². The quantitative estimate of drug-likeness (QED) is 0.341. The predicted octanol–water partition coefficient (Wildman–Crippen LogP) is 7.99. The monoisotopic (exact) mass is 451 g/mol. The zero-order valence-electron chi connectivity index (χ0n) is 16.2. The van der Waals surface area contributed by atoms with Gasteiger partial charge in [-0.05, 0) is 42.0 Å². The number of hydrogen-bond acceptors (Lipinski definition) is 2. The Bertz CT molecular complexity index is 658.